The minimum atomic E-state index is -0.0962. The standard InChI is InChI=1S/C10H14BrNOS/c1-7(2)9(11)10(13)12-5-8-3-4-14-6-8/h3-4,6-7,9H,5H2,1-2H3,(H,12,13). The van der Waals surface area contributed by atoms with E-state index in [1.807, 2.05) is 30.7 Å². The number of rotatable bonds is 4. The summed E-state index contributed by atoms with van der Waals surface area (Å²) in [5, 5.41) is 6.94. The molecule has 0 radical (unpaired) electrons. The highest BCUT2D eigenvalue weighted by atomic mass is 79.9. The molecule has 1 amide bonds. The molecule has 0 aliphatic carbocycles. The van der Waals surface area contributed by atoms with Crippen molar-refractivity contribution in [1.82, 2.24) is 5.32 Å². The second-order valence-corrected chi connectivity index (χ2v) is 5.26. The van der Waals surface area contributed by atoms with Gasteiger partial charge in [0.15, 0.2) is 0 Å². The fraction of sp³-hybridized carbons (Fsp3) is 0.500. The molecule has 78 valence electrons. The maximum atomic E-state index is 11.5. The summed E-state index contributed by atoms with van der Waals surface area (Å²) in [6.45, 7) is 4.66. The molecule has 0 aromatic carbocycles. The highest BCUT2D eigenvalue weighted by Gasteiger charge is 2.17. The van der Waals surface area contributed by atoms with Crippen LogP contribution in [-0.2, 0) is 11.3 Å². The molecule has 0 aliphatic heterocycles. The molecule has 1 rings (SSSR count). The zero-order valence-corrected chi connectivity index (χ0v) is 10.7. The van der Waals surface area contributed by atoms with Crippen LogP contribution in [0.15, 0.2) is 16.8 Å². The van der Waals surface area contributed by atoms with E-state index in [2.05, 4.69) is 21.2 Å². The third kappa shape index (κ3) is 3.42. The normalized spacial score (nSPS) is 12.9. The van der Waals surface area contributed by atoms with Crippen LogP contribution in [0.25, 0.3) is 0 Å². The Morgan fingerprint density at radius 3 is 2.86 bits per heavy atom. The number of carbonyl (C=O) groups excluding carboxylic acids is 1. The first-order valence-electron chi connectivity index (χ1n) is 4.54. The summed E-state index contributed by atoms with van der Waals surface area (Å²) in [7, 11) is 0. The number of hydrogen-bond acceptors (Lipinski definition) is 2. The molecule has 1 unspecified atom stereocenters. The van der Waals surface area contributed by atoms with Crippen molar-refractivity contribution in [2.75, 3.05) is 0 Å². The van der Waals surface area contributed by atoms with Crippen molar-refractivity contribution in [3.8, 4) is 0 Å². The quantitative estimate of drug-likeness (QED) is 0.842. The number of nitrogens with one attached hydrogen (secondary N) is 1. The Kier molecular flexibility index (Phi) is 4.62. The number of alkyl halides is 1. The molecule has 1 aromatic rings. The minimum absolute atomic E-state index is 0.0613. The Bertz CT molecular complexity index is 284. The van der Waals surface area contributed by atoms with E-state index >= 15 is 0 Å². The van der Waals surface area contributed by atoms with Gasteiger partial charge in [-0.3, -0.25) is 4.79 Å². The maximum absolute atomic E-state index is 11.5. The Morgan fingerprint density at radius 1 is 1.64 bits per heavy atom. The largest absolute Gasteiger partial charge is 0.351 e. The van der Waals surface area contributed by atoms with E-state index in [4.69, 9.17) is 0 Å². The molecule has 1 aromatic heterocycles. The lowest BCUT2D eigenvalue weighted by Gasteiger charge is -2.13. The Morgan fingerprint density at radius 2 is 2.36 bits per heavy atom. The van der Waals surface area contributed by atoms with Gasteiger partial charge in [-0.15, -0.1) is 0 Å². The van der Waals surface area contributed by atoms with E-state index in [9.17, 15) is 4.79 Å². The van der Waals surface area contributed by atoms with Gasteiger partial charge in [-0.25, -0.2) is 0 Å². The molecule has 1 N–H and O–H groups in total. The zero-order valence-electron chi connectivity index (χ0n) is 8.29. The van der Waals surface area contributed by atoms with E-state index in [1.54, 1.807) is 11.3 Å². The average Bonchev–Trinajstić information content (AvgIpc) is 2.65. The number of carbonyl (C=O) groups is 1. The molecule has 0 saturated carbocycles. The maximum Gasteiger partial charge on any atom is 0.234 e. The monoisotopic (exact) mass is 275 g/mol. The van der Waals surface area contributed by atoms with Gasteiger partial charge in [-0.1, -0.05) is 29.8 Å². The van der Waals surface area contributed by atoms with Crippen molar-refractivity contribution in [3.63, 3.8) is 0 Å². The van der Waals surface area contributed by atoms with Crippen LogP contribution in [0.4, 0.5) is 0 Å². The topological polar surface area (TPSA) is 29.1 Å². The Hall–Kier alpha value is -0.350. The van der Waals surface area contributed by atoms with Crippen molar-refractivity contribution in [3.05, 3.63) is 22.4 Å². The van der Waals surface area contributed by atoms with Gasteiger partial charge in [-0.2, -0.15) is 11.3 Å². The van der Waals surface area contributed by atoms with Crippen molar-refractivity contribution in [2.24, 2.45) is 5.92 Å². The van der Waals surface area contributed by atoms with Crippen LogP contribution in [0.1, 0.15) is 19.4 Å². The van der Waals surface area contributed by atoms with Gasteiger partial charge < -0.3 is 5.32 Å². The predicted octanol–water partition coefficient (Wildman–Crippen LogP) is 2.78. The first-order valence-corrected chi connectivity index (χ1v) is 6.40. The first kappa shape index (κ1) is 11.7. The van der Waals surface area contributed by atoms with Gasteiger partial charge >= 0.3 is 0 Å². The SMILES string of the molecule is CC(C)C(Br)C(=O)NCc1ccsc1. The second kappa shape index (κ2) is 5.51. The fourth-order valence-corrected chi connectivity index (χ4v) is 1.81. The Labute approximate surface area is 96.8 Å². The average molecular weight is 276 g/mol. The summed E-state index contributed by atoms with van der Waals surface area (Å²) < 4.78 is 0. The summed E-state index contributed by atoms with van der Waals surface area (Å²) in [6.07, 6.45) is 0. The van der Waals surface area contributed by atoms with Gasteiger partial charge in [0.2, 0.25) is 5.91 Å². The van der Waals surface area contributed by atoms with Crippen molar-refractivity contribution >= 4 is 33.2 Å². The molecule has 0 spiro atoms. The van der Waals surface area contributed by atoms with E-state index in [0.717, 1.165) is 5.56 Å². The second-order valence-electron chi connectivity index (χ2n) is 3.50. The highest BCUT2D eigenvalue weighted by molar-refractivity contribution is 9.10. The molecule has 2 nitrogen and oxygen atoms in total. The summed E-state index contributed by atoms with van der Waals surface area (Å²) in [4.78, 5) is 11.4. The van der Waals surface area contributed by atoms with Crippen molar-refractivity contribution < 1.29 is 4.79 Å². The van der Waals surface area contributed by atoms with Crippen LogP contribution >= 0.6 is 27.3 Å². The molecule has 0 bridgehead atoms. The van der Waals surface area contributed by atoms with Gasteiger partial charge in [0.1, 0.15) is 0 Å². The first-order chi connectivity index (χ1) is 6.61. The number of halogens is 1. The fourth-order valence-electron chi connectivity index (χ4n) is 0.983. The van der Waals surface area contributed by atoms with Crippen LogP contribution in [0.3, 0.4) is 0 Å². The molecule has 4 heteroatoms. The number of amides is 1. The summed E-state index contributed by atoms with van der Waals surface area (Å²) in [5.74, 6) is 0.378. The van der Waals surface area contributed by atoms with Gasteiger partial charge in [-0.05, 0) is 28.3 Å². The Balaban J connectivity index is 2.35. The van der Waals surface area contributed by atoms with E-state index in [-0.39, 0.29) is 10.7 Å². The van der Waals surface area contributed by atoms with Crippen molar-refractivity contribution in [1.29, 1.82) is 0 Å². The van der Waals surface area contributed by atoms with Crippen LogP contribution in [0.5, 0.6) is 0 Å². The summed E-state index contributed by atoms with van der Waals surface area (Å²) in [6, 6.07) is 2.02. The third-order valence-electron chi connectivity index (χ3n) is 1.88. The molecular weight excluding hydrogens is 262 g/mol. The highest BCUT2D eigenvalue weighted by Crippen LogP contribution is 2.12. The van der Waals surface area contributed by atoms with Crippen LogP contribution in [0, 0.1) is 5.92 Å². The van der Waals surface area contributed by atoms with Crippen molar-refractivity contribution in [2.45, 2.75) is 25.2 Å². The van der Waals surface area contributed by atoms with E-state index in [0.29, 0.717) is 12.5 Å². The zero-order chi connectivity index (χ0) is 10.6. The van der Waals surface area contributed by atoms with Crippen LogP contribution < -0.4 is 5.32 Å². The predicted molar refractivity (Wildman–Crippen MR) is 63.7 cm³/mol. The number of hydrogen-bond donors (Lipinski definition) is 1. The lowest BCUT2D eigenvalue weighted by Crippen LogP contribution is -2.33. The van der Waals surface area contributed by atoms with E-state index < -0.39 is 0 Å². The van der Waals surface area contributed by atoms with Crippen LogP contribution in [0.2, 0.25) is 0 Å². The molecule has 0 aliphatic rings. The molecular formula is C10H14BrNOS. The van der Waals surface area contributed by atoms with Gasteiger partial charge in [0.25, 0.3) is 0 Å². The third-order valence-corrected chi connectivity index (χ3v) is 4.09. The molecule has 0 fully saturated rings. The molecule has 0 saturated heterocycles. The van der Waals surface area contributed by atoms with Crippen LogP contribution in [-0.4, -0.2) is 10.7 Å². The number of thiophene rings is 1. The molecule has 1 atom stereocenters. The minimum Gasteiger partial charge on any atom is -0.351 e. The summed E-state index contributed by atoms with van der Waals surface area (Å²) >= 11 is 5.01. The van der Waals surface area contributed by atoms with Gasteiger partial charge in [0.05, 0.1) is 4.83 Å². The molecule has 1 heterocycles. The lowest BCUT2D eigenvalue weighted by atomic mass is 10.1. The molecule has 14 heavy (non-hydrogen) atoms. The smallest absolute Gasteiger partial charge is 0.234 e. The van der Waals surface area contributed by atoms with E-state index in [1.165, 1.54) is 0 Å². The lowest BCUT2D eigenvalue weighted by molar-refractivity contribution is -0.121. The van der Waals surface area contributed by atoms with Gasteiger partial charge in [0, 0.05) is 6.54 Å². The summed E-state index contributed by atoms with van der Waals surface area (Å²) in [5.41, 5.74) is 1.16.